The number of fused-ring (bicyclic) bond motifs is 1. The molecule has 27 heavy (non-hydrogen) atoms. The first-order chi connectivity index (χ1) is 12.9. The van der Waals surface area contributed by atoms with Gasteiger partial charge in [-0.3, -0.25) is 4.79 Å². The Bertz CT molecular complexity index is 879. The van der Waals surface area contributed by atoms with E-state index in [0.717, 1.165) is 6.07 Å². The molecule has 0 N–H and O–H groups in total. The van der Waals surface area contributed by atoms with Crippen LogP contribution in [0.2, 0.25) is 0 Å². The van der Waals surface area contributed by atoms with Crippen molar-refractivity contribution in [3.63, 3.8) is 0 Å². The van der Waals surface area contributed by atoms with Gasteiger partial charge in [-0.1, -0.05) is 0 Å². The van der Waals surface area contributed by atoms with Crippen molar-refractivity contribution >= 4 is 5.91 Å². The Kier molecular flexibility index (Phi) is 4.25. The fourth-order valence-corrected chi connectivity index (χ4v) is 3.39. The average Bonchev–Trinajstić information content (AvgIpc) is 2.98. The van der Waals surface area contributed by atoms with E-state index in [2.05, 4.69) is 0 Å². The largest absolute Gasteiger partial charge is 0.445 e. The van der Waals surface area contributed by atoms with Crippen molar-refractivity contribution in [3.05, 3.63) is 59.2 Å². The van der Waals surface area contributed by atoms with E-state index in [1.54, 1.807) is 6.92 Å². The zero-order valence-corrected chi connectivity index (χ0v) is 14.7. The molecule has 2 aliphatic heterocycles. The number of hydrogen-bond donors (Lipinski definition) is 0. The molecule has 0 aromatic heterocycles. The summed E-state index contributed by atoms with van der Waals surface area (Å²) in [7, 11) is 0. The molecule has 1 unspecified atom stereocenters. The first-order valence-electron chi connectivity index (χ1n) is 8.77. The highest BCUT2D eigenvalue weighted by Crippen LogP contribution is 2.45. The summed E-state index contributed by atoms with van der Waals surface area (Å²) in [6.45, 7) is 2.13. The van der Waals surface area contributed by atoms with Crippen molar-refractivity contribution in [1.82, 2.24) is 4.90 Å². The molecule has 0 spiro atoms. The number of benzene rings is 2. The van der Waals surface area contributed by atoms with Crippen molar-refractivity contribution < 1.29 is 27.4 Å². The van der Waals surface area contributed by atoms with Crippen molar-refractivity contribution in [3.8, 4) is 11.5 Å². The van der Waals surface area contributed by atoms with Gasteiger partial charge < -0.3 is 14.4 Å². The maximum Gasteiger partial charge on any atom is 0.275 e. The van der Waals surface area contributed by atoms with Gasteiger partial charge in [-0.2, -0.15) is 0 Å². The van der Waals surface area contributed by atoms with Gasteiger partial charge in [0.05, 0.1) is 5.56 Å². The number of rotatable bonds is 2. The molecule has 142 valence electrons. The average molecular weight is 377 g/mol. The minimum absolute atomic E-state index is 0.141. The third-order valence-electron chi connectivity index (χ3n) is 4.95. The number of likely N-dealkylation sites (tertiary alicyclic amines) is 1. The van der Waals surface area contributed by atoms with Gasteiger partial charge >= 0.3 is 0 Å². The van der Waals surface area contributed by atoms with Gasteiger partial charge in [-0.25, -0.2) is 13.2 Å². The van der Waals surface area contributed by atoms with E-state index in [9.17, 15) is 18.0 Å². The number of carbonyl (C=O) groups excluding carboxylic acids is 1. The SMILES string of the molecule is CC1(c2ccc(F)cc2)Oc2cc(F)c(C(=O)N3CCC(F)CC3)cc2O1. The lowest BCUT2D eigenvalue weighted by molar-refractivity contribution is -0.0681. The van der Waals surface area contributed by atoms with Gasteiger partial charge in [-0.15, -0.1) is 0 Å². The molecule has 7 heteroatoms. The first kappa shape index (κ1) is 17.7. The molecule has 0 aliphatic carbocycles. The molecule has 4 rings (SSSR count). The van der Waals surface area contributed by atoms with Gasteiger partial charge in [-0.05, 0) is 43.2 Å². The van der Waals surface area contributed by atoms with Gasteiger partial charge in [0, 0.05) is 31.6 Å². The van der Waals surface area contributed by atoms with Crippen LogP contribution < -0.4 is 9.47 Å². The number of piperidine rings is 1. The van der Waals surface area contributed by atoms with E-state index in [-0.39, 0.29) is 43.0 Å². The molecule has 1 amide bonds. The summed E-state index contributed by atoms with van der Waals surface area (Å²) in [5.41, 5.74) is 0.413. The minimum atomic E-state index is -1.25. The number of carbonyl (C=O) groups is 1. The molecule has 1 saturated heterocycles. The smallest absolute Gasteiger partial charge is 0.275 e. The molecule has 0 saturated carbocycles. The highest BCUT2D eigenvalue weighted by Gasteiger charge is 2.40. The molecular weight excluding hydrogens is 359 g/mol. The monoisotopic (exact) mass is 377 g/mol. The van der Waals surface area contributed by atoms with Crippen LogP contribution in [0.5, 0.6) is 11.5 Å². The molecule has 2 aromatic rings. The van der Waals surface area contributed by atoms with Crippen molar-refractivity contribution in [2.24, 2.45) is 0 Å². The second-order valence-corrected chi connectivity index (χ2v) is 6.90. The Balaban J connectivity index is 1.60. The van der Waals surface area contributed by atoms with Gasteiger partial charge in [0.25, 0.3) is 11.7 Å². The third-order valence-corrected chi connectivity index (χ3v) is 4.95. The van der Waals surface area contributed by atoms with Gasteiger partial charge in [0.2, 0.25) is 0 Å². The van der Waals surface area contributed by atoms with Crippen LogP contribution in [0.1, 0.15) is 35.7 Å². The fourth-order valence-electron chi connectivity index (χ4n) is 3.39. The maximum atomic E-state index is 14.5. The highest BCUT2D eigenvalue weighted by molar-refractivity contribution is 5.95. The van der Waals surface area contributed by atoms with Crippen LogP contribution in [0.25, 0.3) is 0 Å². The molecular formula is C20H18F3NO3. The van der Waals surface area contributed by atoms with Crippen LogP contribution in [0, 0.1) is 11.6 Å². The lowest BCUT2D eigenvalue weighted by Crippen LogP contribution is -2.39. The minimum Gasteiger partial charge on any atom is -0.445 e. The quantitative estimate of drug-likeness (QED) is 0.788. The number of amides is 1. The fraction of sp³-hybridized carbons (Fsp3) is 0.350. The van der Waals surface area contributed by atoms with E-state index >= 15 is 0 Å². The summed E-state index contributed by atoms with van der Waals surface area (Å²) in [5.74, 6) is -2.48. The Hall–Kier alpha value is -2.70. The van der Waals surface area contributed by atoms with E-state index in [1.807, 2.05) is 0 Å². The molecule has 0 radical (unpaired) electrons. The predicted octanol–water partition coefficient (Wildman–Crippen LogP) is 4.18. The maximum absolute atomic E-state index is 14.5. The summed E-state index contributed by atoms with van der Waals surface area (Å²) in [6, 6.07) is 8.01. The normalized spacial score (nSPS) is 22.1. The second-order valence-electron chi connectivity index (χ2n) is 6.90. The molecule has 2 aliphatic rings. The van der Waals surface area contributed by atoms with E-state index in [1.165, 1.54) is 35.2 Å². The van der Waals surface area contributed by atoms with Crippen molar-refractivity contribution in [2.45, 2.75) is 31.7 Å². The van der Waals surface area contributed by atoms with Gasteiger partial charge in [0.1, 0.15) is 17.8 Å². The molecule has 0 bridgehead atoms. The summed E-state index contributed by atoms with van der Waals surface area (Å²) in [5, 5.41) is 0. The predicted molar refractivity (Wildman–Crippen MR) is 91.4 cm³/mol. The number of alkyl halides is 1. The van der Waals surface area contributed by atoms with Crippen LogP contribution in [-0.4, -0.2) is 30.1 Å². The van der Waals surface area contributed by atoms with Gasteiger partial charge in [0.15, 0.2) is 11.5 Å². The molecule has 1 atom stereocenters. The first-order valence-corrected chi connectivity index (χ1v) is 8.77. The van der Waals surface area contributed by atoms with Crippen LogP contribution in [0.4, 0.5) is 13.2 Å². The highest BCUT2D eigenvalue weighted by atomic mass is 19.1. The summed E-state index contributed by atoms with van der Waals surface area (Å²) >= 11 is 0. The topological polar surface area (TPSA) is 38.8 Å². The van der Waals surface area contributed by atoms with Crippen LogP contribution in [0.15, 0.2) is 36.4 Å². The van der Waals surface area contributed by atoms with Crippen LogP contribution in [-0.2, 0) is 5.79 Å². The van der Waals surface area contributed by atoms with E-state index < -0.39 is 29.5 Å². The number of halogens is 3. The Morgan fingerprint density at radius 2 is 1.67 bits per heavy atom. The molecule has 4 nitrogen and oxygen atoms in total. The molecule has 1 fully saturated rings. The Labute approximate surface area is 154 Å². The second kappa shape index (κ2) is 6.48. The molecule has 2 heterocycles. The van der Waals surface area contributed by atoms with Crippen LogP contribution >= 0.6 is 0 Å². The van der Waals surface area contributed by atoms with E-state index in [0.29, 0.717) is 5.56 Å². The Morgan fingerprint density at radius 3 is 2.30 bits per heavy atom. The number of ether oxygens (including phenoxy) is 2. The van der Waals surface area contributed by atoms with Crippen molar-refractivity contribution in [1.29, 1.82) is 0 Å². The zero-order chi connectivity index (χ0) is 19.2. The lowest BCUT2D eigenvalue weighted by Gasteiger charge is -2.28. The standard InChI is InChI=1S/C20H18F3NO3/c1-20(12-2-4-13(21)5-3-12)26-17-10-15(16(23)11-18(17)27-20)19(25)24-8-6-14(22)7-9-24/h2-5,10-11,14H,6-9H2,1H3. The number of nitrogens with zero attached hydrogens (tertiary/aromatic N) is 1. The summed E-state index contributed by atoms with van der Waals surface area (Å²) < 4.78 is 52.5. The molecule has 2 aromatic carbocycles. The third kappa shape index (κ3) is 3.22. The summed E-state index contributed by atoms with van der Waals surface area (Å²) in [6.07, 6.45) is -0.423. The van der Waals surface area contributed by atoms with E-state index in [4.69, 9.17) is 9.47 Å². The lowest BCUT2D eigenvalue weighted by atomic mass is 10.1. The van der Waals surface area contributed by atoms with Crippen molar-refractivity contribution in [2.75, 3.05) is 13.1 Å². The Morgan fingerprint density at radius 1 is 1.07 bits per heavy atom. The number of hydrogen-bond acceptors (Lipinski definition) is 3. The van der Waals surface area contributed by atoms with Crippen LogP contribution in [0.3, 0.4) is 0 Å². The summed E-state index contributed by atoms with van der Waals surface area (Å²) in [4.78, 5) is 14.1. The zero-order valence-electron chi connectivity index (χ0n) is 14.7.